The Morgan fingerprint density at radius 2 is 1.23 bits per heavy atom. The molecular formula is C34H50N2O4. The summed E-state index contributed by atoms with van der Waals surface area (Å²) >= 11 is 0. The molecule has 1 aliphatic rings. The summed E-state index contributed by atoms with van der Waals surface area (Å²) in [6.07, 6.45) is 21.8. The summed E-state index contributed by atoms with van der Waals surface area (Å²) in [5.74, 6) is -1.62. The summed E-state index contributed by atoms with van der Waals surface area (Å²) in [5.41, 5.74) is 1.96. The zero-order valence-electron chi connectivity index (χ0n) is 24.6. The van der Waals surface area contributed by atoms with E-state index in [4.69, 9.17) is 5.11 Å². The molecule has 1 aliphatic heterocycles. The predicted molar refractivity (Wildman–Crippen MR) is 164 cm³/mol. The maximum Gasteiger partial charge on any atom is 0.303 e. The number of unbranched alkanes of at least 4 members (excludes halogenated alkanes) is 15. The van der Waals surface area contributed by atoms with Crippen molar-refractivity contribution in [3.63, 3.8) is 0 Å². The van der Waals surface area contributed by atoms with Crippen LogP contribution in [0.3, 0.4) is 0 Å². The van der Waals surface area contributed by atoms with Crippen molar-refractivity contribution in [1.29, 1.82) is 0 Å². The maximum atomic E-state index is 13.1. The normalized spacial score (nSPS) is 12.9. The number of hydrogen-bond acceptors (Lipinski definition) is 4. The van der Waals surface area contributed by atoms with Gasteiger partial charge in [-0.2, -0.15) is 0 Å². The molecular weight excluding hydrogens is 500 g/mol. The second-order valence-electron chi connectivity index (χ2n) is 11.4. The zero-order valence-corrected chi connectivity index (χ0v) is 24.6. The second-order valence-corrected chi connectivity index (χ2v) is 11.4. The fourth-order valence-electron chi connectivity index (χ4n) is 5.79. The number of amides is 2. The summed E-state index contributed by atoms with van der Waals surface area (Å²) in [4.78, 5) is 38.2. The summed E-state index contributed by atoms with van der Waals surface area (Å²) < 4.78 is 0. The maximum absolute atomic E-state index is 13.1. The first-order valence-electron chi connectivity index (χ1n) is 15.9. The Kier molecular flexibility index (Phi) is 14.0. The van der Waals surface area contributed by atoms with E-state index in [1.807, 2.05) is 18.2 Å². The van der Waals surface area contributed by atoms with Gasteiger partial charge in [0.2, 0.25) is 0 Å². The van der Waals surface area contributed by atoms with Gasteiger partial charge in [-0.15, -0.1) is 0 Å². The van der Waals surface area contributed by atoms with Crippen LogP contribution in [0.5, 0.6) is 0 Å². The highest BCUT2D eigenvalue weighted by molar-refractivity contribution is 6.26. The van der Waals surface area contributed by atoms with E-state index in [-0.39, 0.29) is 31.2 Å². The Morgan fingerprint density at radius 3 is 1.77 bits per heavy atom. The number of carbonyl (C=O) groups is 3. The molecule has 0 atom stereocenters. The lowest BCUT2D eigenvalue weighted by molar-refractivity contribution is -0.137. The zero-order chi connectivity index (χ0) is 28.6. The largest absolute Gasteiger partial charge is 0.481 e. The molecule has 2 amide bonds. The Morgan fingerprint density at radius 1 is 0.700 bits per heavy atom. The van der Waals surface area contributed by atoms with Crippen molar-refractivity contribution in [3.05, 3.63) is 41.5 Å². The van der Waals surface area contributed by atoms with Gasteiger partial charge in [0.05, 0.1) is 0 Å². The number of hydrogen-bond donors (Lipinski definition) is 2. The fraction of sp³-hybridized carbons (Fsp3) is 0.618. The molecule has 0 radical (unpaired) electrons. The van der Waals surface area contributed by atoms with Crippen LogP contribution in [0, 0.1) is 0 Å². The van der Waals surface area contributed by atoms with Crippen molar-refractivity contribution in [3.8, 4) is 0 Å². The topological polar surface area (TPSA) is 86.7 Å². The van der Waals surface area contributed by atoms with E-state index in [9.17, 15) is 14.4 Å². The van der Waals surface area contributed by atoms with Crippen LogP contribution in [0.1, 0.15) is 143 Å². The number of anilines is 1. The van der Waals surface area contributed by atoms with Crippen molar-refractivity contribution in [1.82, 2.24) is 4.90 Å². The standard InChI is InChI=1S/C34H50N2O4/c1-2-3-4-5-6-7-8-9-10-11-12-13-14-15-16-17-25-35-30-24-23-29-32-27(30)20-18-21-28(32)33(39)36(34(29)40)26-19-22-31(37)38/h18,20-21,23-24,35H,2-17,19,22,25-26H2,1H3,(H,37,38). The van der Waals surface area contributed by atoms with Crippen LogP contribution >= 0.6 is 0 Å². The van der Waals surface area contributed by atoms with Crippen molar-refractivity contribution in [2.75, 3.05) is 18.4 Å². The van der Waals surface area contributed by atoms with E-state index < -0.39 is 5.97 Å². The summed E-state index contributed by atoms with van der Waals surface area (Å²) in [5, 5.41) is 14.0. The molecule has 0 saturated heterocycles. The van der Waals surface area contributed by atoms with Gasteiger partial charge in [0.25, 0.3) is 11.8 Å². The molecule has 6 nitrogen and oxygen atoms in total. The minimum atomic E-state index is -0.931. The Bertz CT molecular complexity index is 1070. The highest BCUT2D eigenvalue weighted by atomic mass is 16.4. The number of nitrogens with zero attached hydrogens (tertiary/aromatic N) is 1. The van der Waals surface area contributed by atoms with E-state index >= 15 is 0 Å². The number of benzene rings is 2. The average molecular weight is 551 g/mol. The third-order valence-corrected chi connectivity index (χ3v) is 8.11. The Hall–Kier alpha value is -2.89. The van der Waals surface area contributed by atoms with Gasteiger partial charge in [-0.3, -0.25) is 19.3 Å². The van der Waals surface area contributed by atoms with E-state index in [0.717, 1.165) is 24.0 Å². The SMILES string of the molecule is CCCCCCCCCCCCCCCCCCNc1ccc2c3c(cccc13)C(=O)N(CCCC(=O)O)C2=O. The van der Waals surface area contributed by atoms with Crippen molar-refractivity contribution in [2.45, 2.75) is 122 Å². The van der Waals surface area contributed by atoms with Crippen molar-refractivity contribution < 1.29 is 19.5 Å². The summed E-state index contributed by atoms with van der Waals surface area (Å²) in [7, 11) is 0. The lowest BCUT2D eigenvalue weighted by Crippen LogP contribution is -2.41. The number of carbonyl (C=O) groups excluding carboxylic acids is 2. The third kappa shape index (κ3) is 9.64. The molecule has 0 aliphatic carbocycles. The van der Waals surface area contributed by atoms with Gasteiger partial charge in [-0.25, -0.2) is 0 Å². The van der Waals surface area contributed by atoms with Gasteiger partial charge >= 0.3 is 5.97 Å². The van der Waals surface area contributed by atoms with Gasteiger partial charge in [0.1, 0.15) is 0 Å². The van der Waals surface area contributed by atoms with Crippen LogP contribution in [0.15, 0.2) is 30.3 Å². The highest BCUT2D eigenvalue weighted by Crippen LogP contribution is 2.34. The van der Waals surface area contributed by atoms with Crippen LogP contribution in [-0.2, 0) is 4.79 Å². The minimum Gasteiger partial charge on any atom is -0.481 e. The lowest BCUT2D eigenvalue weighted by Gasteiger charge is -2.27. The first-order valence-corrected chi connectivity index (χ1v) is 15.9. The number of rotatable bonds is 22. The summed E-state index contributed by atoms with van der Waals surface area (Å²) in [6.45, 7) is 3.25. The molecule has 2 aromatic carbocycles. The average Bonchev–Trinajstić information content (AvgIpc) is 2.95. The fourth-order valence-corrected chi connectivity index (χ4v) is 5.79. The number of aliphatic carboxylic acids is 1. The van der Waals surface area contributed by atoms with Crippen LogP contribution in [0.4, 0.5) is 5.69 Å². The van der Waals surface area contributed by atoms with Gasteiger partial charge in [0.15, 0.2) is 0 Å². The second kappa shape index (κ2) is 17.7. The molecule has 2 N–H and O–H groups in total. The first-order chi connectivity index (χ1) is 19.5. The predicted octanol–water partition coefficient (Wildman–Crippen LogP) is 8.97. The third-order valence-electron chi connectivity index (χ3n) is 8.11. The number of nitrogens with one attached hydrogen (secondary N) is 1. The Labute approximate surface area is 240 Å². The van der Waals surface area contributed by atoms with Crippen LogP contribution < -0.4 is 5.32 Å². The molecule has 1 heterocycles. The molecule has 0 bridgehead atoms. The van der Waals surface area contributed by atoms with Crippen molar-refractivity contribution >= 4 is 34.2 Å². The molecule has 0 aromatic heterocycles. The quantitative estimate of drug-likeness (QED) is 0.113. The number of carboxylic acids is 1. The molecule has 0 spiro atoms. The number of imide groups is 1. The first kappa shape index (κ1) is 31.6. The summed E-state index contributed by atoms with van der Waals surface area (Å²) in [6, 6.07) is 9.28. The molecule has 0 fully saturated rings. The van der Waals surface area contributed by atoms with Gasteiger partial charge in [-0.1, -0.05) is 115 Å². The van der Waals surface area contributed by atoms with Gasteiger partial charge in [0, 0.05) is 47.1 Å². The molecule has 3 rings (SSSR count). The Balaban J connectivity index is 1.32. The van der Waals surface area contributed by atoms with E-state index in [1.54, 1.807) is 12.1 Å². The molecule has 40 heavy (non-hydrogen) atoms. The van der Waals surface area contributed by atoms with E-state index in [0.29, 0.717) is 16.5 Å². The molecule has 2 aromatic rings. The smallest absolute Gasteiger partial charge is 0.303 e. The van der Waals surface area contributed by atoms with Crippen LogP contribution in [-0.4, -0.2) is 40.9 Å². The lowest BCUT2D eigenvalue weighted by atomic mass is 9.93. The van der Waals surface area contributed by atoms with Crippen molar-refractivity contribution in [2.24, 2.45) is 0 Å². The van der Waals surface area contributed by atoms with E-state index in [2.05, 4.69) is 12.2 Å². The highest BCUT2D eigenvalue weighted by Gasteiger charge is 2.33. The molecule has 220 valence electrons. The van der Waals surface area contributed by atoms with E-state index in [1.165, 1.54) is 101 Å². The van der Waals surface area contributed by atoms with Crippen LogP contribution in [0.2, 0.25) is 0 Å². The monoisotopic (exact) mass is 550 g/mol. The minimum absolute atomic E-state index is 0.0731. The molecule has 6 heteroatoms. The molecule has 0 unspecified atom stereocenters. The molecule has 0 saturated carbocycles. The van der Waals surface area contributed by atoms with Gasteiger partial charge < -0.3 is 10.4 Å². The van der Waals surface area contributed by atoms with Crippen LogP contribution in [0.25, 0.3) is 10.8 Å². The van der Waals surface area contributed by atoms with Gasteiger partial charge in [-0.05, 0) is 31.0 Å². The number of carboxylic acid groups (broad SMARTS) is 1.